The van der Waals surface area contributed by atoms with Crippen LogP contribution in [0.5, 0.6) is 0 Å². The zero-order chi connectivity index (χ0) is 14.0. The molecule has 0 heterocycles. The summed E-state index contributed by atoms with van der Waals surface area (Å²) in [5.41, 5.74) is 0.172. The van der Waals surface area contributed by atoms with Crippen molar-refractivity contribution in [3.63, 3.8) is 0 Å². The first kappa shape index (κ1) is 14.0. The maximum absolute atomic E-state index is 13.4. The van der Waals surface area contributed by atoms with E-state index in [9.17, 15) is 13.6 Å². The molecule has 2 nitrogen and oxygen atoms in total. The predicted octanol–water partition coefficient (Wildman–Crippen LogP) is 4.63. The van der Waals surface area contributed by atoms with Crippen molar-refractivity contribution < 1.29 is 13.6 Å². The maximum Gasteiger partial charge on any atom is 0.255 e. The number of halogens is 4. The van der Waals surface area contributed by atoms with Crippen LogP contribution in [0, 0.1) is 11.6 Å². The summed E-state index contributed by atoms with van der Waals surface area (Å²) in [4.78, 5) is 11.9. The molecular formula is C13H7BrClF2NO. The molecule has 6 heteroatoms. The molecule has 0 unspecified atom stereocenters. The molecule has 0 saturated heterocycles. The lowest BCUT2D eigenvalue weighted by molar-refractivity contribution is 0.102. The van der Waals surface area contributed by atoms with Crippen molar-refractivity contribution in [2.75, 3.05) is 5.32 Å². The number of hydrogen-bond acceptors (Lipinski definition) is 1. The van der Waals surface area contributed by atoms with Gasteiger partial charge in [0.25, 0.3) is 5.91 Å². The second-order valence-corrected chi connectivity index (χ2v) is 5.00. The second kappa shape index (κ2) is 5.67. The minimum Gasteiger partial charge on any atom is -0.319 e. The Labute approximate surface area is 121 Å². The molecule has 0 spiro atoms. The van der Waals surface area contributed by atoms with E-state index in [2.05, 4.69) is 21.2 Å². The van der Waals surface area contributed by atoms with Crippen LogP contribution in [0.1, 0.15) is 10.4 Å². The van der Waals surface area contributed by atoms with E-state index in [4.69, 9.17) is 11.6 Å². The number of hydrogen-bond donors (Lipinski definition) is 1. The molecule has 1 amide bonds. The van der Waals surface area contributed by atoms with E-state index in [-0.39, 0.29) is 15.7 Å². The van der Waals surface area contributed by atoms with Crippen LogP contribution >= 0.6 is 27.5 Å². The molecule has 0 atom stereocenters. The Balaban J connectivity index is 2.25. The van der Waals surface area contributed by atoms with Crippen LogP contribution in [0.15, 0.2) is 40.9 Å². The van der Waals surface area contributed by atoms with Crippen LogP contribution in [0.3, 0.4) is 0 Å². The third kappa shape index (κ3) is 3.30. The third-order valence-electron chi connectivity index (χ3n) is 2.36. The van der Waals surface area contributed by atoms with Crippen LogP contribution in [0.4, 0.5) is 14.5 Å². The van der Waals surface area contributed by atoms with Gasteiger partial charge in [-0.2, -0.15) is 0 Å². The normalized spacial score (nSPS) is 10.3. The van der Waals surface area contributed by atoms with Crippen molar-refractivity contribution in [1.82, 2.24) is 0 Å². The van der Waals surface area contributed by atoms with Crippen molar-refractivity contribution in [2.24, 2.45) is 0 Å². The molecule has 2 rings (SSSR count). The number of anilines is 1. The third-order valence-corrected chi connectivity index (χ3v) is 3.20. The van der Waals surface area contributed by atoms with E-state index < -0.39 is 17.5 Å². The Morgan fingerprint density at radius 2 is 1.79 bits per heavy atom. The summed E-state index contributed by atoms with van der Waals surface area (Å²) in [6.45, 7) is 0. The van der Waals surface area contributed by atoms with Crippen molar-refractivity contribution >= 4 is 39.1 Å². The van der Waals surface area contributed by atoms with Gasteiger partial charge in [-0.25, -0.2) is 8.78 Å². The number of benzene rings is 2. The fourth-order valence-corrected chi connectivity index (χ4v) is 1.98. The second-order valence-electron chi connectivity index (χ2n) is 3.71. The van der Waals surface area contributed by atoms with Gasteiger partial charge < -0.3 is 5.32 Å². The van der Waals surface area contributed by atoms with Gasteiger partial charge in [-0.15, -0.1) is 0 Å². The Morgan fingerprint density at radius 3 is 2.47 bits per heavy atom. The highest BCUT2D eigenvalue weighted by Gasteiger charge is 2.11. The van der Waals surface area contributed by atoms with Crippen molar-refractivity contribution in [3.05, 3.63) is 63.1 Å². The van der Waals surface area contributed by atoms with Crippen LogP contribution < -0.4 is 5.32 Å². The van der Waals surface area contributed by atoms with Gasteiger partial charge in [0, 0.05) is 10.6 Å². The monoisotopic (exact) mass is 345 g/mol. The van der Waals surface area contributed by atoms with Gasteiger partial charge >= 0.3 is 0 Å². The lowest BCUT2D eigenvalue weighted by Gasteiger charge is -2.07. The van der Waals surface area contributed by atoms with Crippen molar-refractivity contribution in [2.45, 2.75) is 0 Å². The minimum atomic E-state index is -0.598. The molecule has 0 radical (unpaired) electrons. The first-order valence-electron chi connectivity index (χ1n) is 5.19. The van der Waals surface area contributed by atoms with Gasteiger partial charge in [0.15, 0.2) is 0 Å². The van der Waals surface area contributed by atoms with Crippen LogP contribution in [-0.4, -0.2) is 5.91 Å². The lowest BCUT2D eigenvalue weighted by atomic mass is 10.2. The van der Waals surface area contributed by atoms with Gasteiger partial charge in [0.05, 0.1) is 10.2 Å². The highest BCUT2D eigenvalue weighted by Crippen LogP contribution is 2.21. The average Bonchev–Trinajstić information content (AvgIpc) is 2.37. The van der Waals surface area contributed by atoms with Crippen LogP contribution in [-0.2, 0) is 0 Å². The summed E-state index contributed by atoms with van der Waals surface area (Å²) < 4.78 is 26.7. The van der Waals surface area contributed by atoms with E-state index >= 15 is 0 Å². The van der Waals surface area contributed by atoms with Crippen LogP contribution in [0.2, 0.25) is 5.02 Å². The zero-order valence-corrected chi connectivity index (χ0v) is 11.7. The number of carbonyl (C=O) groups is 1. The first-order chi connectivity index (χ1) is 8.97. The van der Waals surface area contributed by atoms with E-state index in [1.807, 2.05) is 0 Å². The van der Waals surface area contributed by atoms with Gasteiger partial charge in [0.2, 0.25) is 0 Å². The predicted molar refractivity (Wildman–Crippen MR) is 73.5 cm³/mol. The summed E-state index contributed by atoms with van der Waals surface area (Å²) in [5, 5.41) is 2.68. The van der Waals surface area contributed by atoms with Gasteiger partial charge in [0.1, 0.15) is 11.6 Å². The molecule has 0 aliphatic heterocycles. The quantitative estimate of drug-likeness (QED) is 0.844. The molecule has 0 bridgehead atoms. The summed E-state index contributed by atoms with van der Waals surface area (Å²) in [5.74, 6) is -1.63. The molecule has 98 valence electrons. The van der Waals surface area contributed by atoms with E-state index in [1.54, 1.807) is 0 Å². The number of amides is 1. The average molecular weight is 347 g/mol. The summed E-state index contributed by atoms with van der Waals surface area (Å²) in [6, 6.07) is 7.59. The molecule has 1 N–H and O–H groups in total. The van der Waals surface area contributed by atoms with E-state index in [1.165, 1.54) is 24.3 Å². The van der Waals surface area contributed by atoms with Crippen molar-refractivity contribution in [3.8, 4) is 0 Å². The zero-order valence-electron chi connectivity index (χ0n) is 9.38. The van der Waals surface area contributed by atoms with Crippen molar-refractivity contribution in [1.29, 1.82) is 0 Å². The summed E-state index contributed by atoms with van der Waals surface area (Å²) in [7, 11) is 0. The maximum atomic E-state index is 13.4. The molecule has 0 aromatic heterocycles. The number of nitrogens with one attached hydrogen (secondary N) is 1. The molecule has 0 saturated carbocycles. The topological polar surface area (TPSA) is 29.1 Å². The molecule has 19 heavy (non-hydrogen) atoms. The smallest absolute Gasteiger partial charge is 0.255 e. The summed E-state index contributed by atoms with van der Waals surface area (Å²) >= 11 is 8.69. The Morgan fingerprint density at radius 1 is 1.11 bits per heavy atom. The summed E-state index contributed by atoms with van der Waals surface area (Å²) in [6.07, 6.45) is 0. The number of carbonyl (C=O) groups excluding carboxylic acids is 1. The van der Waals surface area contributed by atoms with E-state index in [0.717, 1.165) is 12.1 Å². The molecule has 0 aliphatic rings. The fraction of sp³-hybridized carbons (Fsp3) is 0. The SMILES string of the molecule is O=C(Nc1cc(Cl)ccc1F)c1ccc(F)c(Br)c1. The van der Waals surface area contributed by atoms with Gasteiger partial charge in [-0.05, 0) is 52.3 Å². The van der Waals surface area contributed by atoms with Crippen LogP contribution in [0.25, 0.3) is 0 Å². The van der Waals surface area contributed by atoms with E-state index in [0.29, 0.717) is 5.02 Å². The van der Waals surface area contributed by atoms with Gasteiger partial charge in [-0.3, -0.25) is 4.79 Å². The Kier molecular flexibility index (Phi) is 4.17. The largest absolute Gasteiger partial charge is 0.319 e. The van der Waals surface area contributed by atoms with Gasteiger partial charge in [-0.1, -0.05) is 11.6 Å². The highest BCUT2D eigenvalue weighted by molar-refractivity contribution is 9.10. The first-order valence-corrected chi connectivity index (χ1v) is 6.36. The molecular weight excluding hydrogens is 340 g/mol. The molecule has 0 aliphatic carbocycles. The fourth-order valence-electron chi connectivity index (χ4n) is 1.43. The molecule has 0 fully saturated rings. The Bertz CT molecular complexity index is 649. The minimum absolute atomic E-state index is 0.0297. The number of rotatable bonds is 2. The highest BCUT2D eigenvalue weighted by atomic mass is 79.9. The molecule has 2 aromatic rings. The standard InChI is InChI=1S/C13H7BrClF2NO/c14-9-5-7(1-3-10(9)16)13(19)18-12-6-8(15)2-4-11(12)17/h1-6H,(H,18,19). The molecule has 2 aromatic carbocycles. The lowest BCUT2D eigenvalue weighted by Crippen LogP contribution is -2.13. The Hall–Kier alpha value is -1.46.